The monoisotopic (exact) mass is 787 g/mol. The third kappa shape index (κ3) is 7.76. The van der Waals surface area contributed by atoms with Crippen LogP contribution in [0.5, 0.6) is 0 Å². The van der Waals surface area contributed by atoms with E-state index in [1.165, 1.54) is 25.3 Å². The molecule has 0 aromatic heterocycles. The molecule has 48 heavy (non-hydrogen) atoms. The number of nitrogen functional groups attached to an aromatic ring is 1. The molecular formula is C34H43Br2N7O5. The standard InChI is InChI=1S/C34H43Br2N7O5/c35-26-16-21(17-27(36)30(26)37)18-29(31(44)41-12-6-24(7-13-41)40-10-2-1-3-11-40)39-33(47)42-14-8-25(9-15-42)43-20-23-5-4-22(32(45)46)19-28(23)38-34(43)48/h4-5,16-17,19,24-25,29H,1-3,6-15,18,20,37H2,(H,38,48)(H,39,47)(H,45,46)/t29-/m0/s1. The van der Waals surface area contributed by atoms with Gasteiger partial charge in [-0.3, -0.25) is 4.79 Å². The van der Waals surface area contributed by atoms with E-state index in [2.05, 4.69) is 47.4 Å². The number of hydrogen-bond donors (Lipinski definition) is 4. The number of carbonyl (C=O) groups excluding carboxylic acids is 3. The lowest BCUT2D eigenvalue weighted by molar-refractivity contribution is -0.135. The van der Waals surface area contributed by atoms with Gasteiger partial charge in [0.1, 0.15) is 6.04 Å². The molecule has 0 saturated carbocycles. The average molecular weight is 790 g/mol. The molecule has 0 unspecified atom stereocenters. The topological polar surface area (TPSA) is 152 Å². The van der Waals surface area contributed by atoms with Gasteiger partial charge >= 0.3 is 18.0 Å². The molecule has 3 fully saturated rings. The van der Waals surface area contributed by atoms with Crippen LogP contribution in [0, 0.1) is 0 Å². The third-order valence-corrected chi connectivity index (χ3v) is 11.6. The maximum absolute atomic E-state index is 14.0. The van der Waals surface area contributed by atoms with Crippen LogP contribution < -0.4 is 16.4 Å². The molecule has 5 amide bonds. The maximum Gasteiger partial charge on any atom is 0.335 e. The van der Waals surface area contributed by atoms with Crippen molar-refractivity contribution in [3.63, 3.8) is 0 Å². The van der Waals surface area contributed by atoms with Crippen LogP contribution in [-0.4, -0.2) is 106 Å². The highest BCUT2D eigenvalue weighted by atomic mass is 79.9. The van der Waals surface area contributed by atoms with Gasteiger partial charge in [-0.25, -0.2) is 14.4 Å². The number of hydrogen-bond acceptors (Lipinski definition) is 6. The van der Waals surface area contributed by atoms with Gasteiger partial charge in [-0.2, -0.15) is 0 Å². The zero-order valence-electron chi connectivity index (χ0n) is 26.9. The van der Waals surface area contributed by atoms with Gasteiger partial charge in [-0.1, -0.05) is 12.5 Å². The number of carbonyl (C=O) groups is 4. The van der Waals surface area contributed by atoms with Crippen LogP contribution in [0.4, 0.5) is 21.0 Å². The minimum absolute atomic E-state index is 0.0749. The summed E-state index contributed by atoms with van der Waals surface area (Å²) in [6, 6.07) is 7.66. The summed E-state index contributed by atoms with van der Waals surface area (Å²) in [4.78, 5) is 60.1. The second-order valence-corrected chi connectivity index (χ2v) is 15.0. The molecule has 0 aliphatic carbocycles. The first-order valence-electron chi connectivity index (χ1n) is 16.8. The molecule has 0 radical (unpaired) electrons. The van der Waals surface area contributed by atoms with Crippen molar-refractivity contribution in [2.75, 3.05) is 50.3 Å². The number of urea groups is 2. The predicted molar refractivity (Wildman–Crippen MR) is 190 cm³/mol. The molecule has 0 bridgehead atoms. The molecule has 12 nitrogen and oxygen atoms in total. The molecule has 2 aromatic rings. The Labute approximate surface area is 297 Å². The Kier molecular flexibility index (Phi) is 10.8. The van der Waals surface area contributed by atoms with Crippen LogP contribution in [0.15, 0.2) is 39.3 Å². The van der Waals surface area contributed by atoms with Crippen molar-refractivity contribution in [3.05, 3.63) is 56.0 Å². The highest BCUT2D eigenvalue weighted by molar-refractivity contribution is 9.11. The molecule has 258 valence electrons. The van der Waals surface area contributed by atoms with E-state index in [9.17, 15) is 24.3 Å². The summed E-state index contributed by atoms with van der Waals surface area (Å²) in [7, 11) is 0. The van der Waals surface area contributed by atoms with E-state index in [0.29, 0.717) is 69.4 Å². The summed E-state index contributed by atoms with van der Waals surface area (Å²) in [6.07, 6.45) is 7.15. The lowest BCUT2D eigenvalue weighted by Gasteiger charge is -2.42. The minimum Gasteiger partial charge on any atom is -0.478 e. The number of nitrogens with zero attached hydrogens (tertiary/aromatic N) is 4. The van der Waals surface area contributed by atoms with Crippen molar-refractivity contribution in [2.24, 2.45) is 0 Å². The molecule has 4 heterocycles. The first-order chi connectivity index (χ1) is 23.1. The molecule has 5 N–H and O–H groups in total. The fourth-order valence-corrected chi connectivity index (χ4v) is 8.75. The number of carboxylic acids is 1. The van der Waals surface area contributed by atoms with E-state index < -0.39 is 12.0 Å². The summed E-state index contributed by atoms with van der Waals surface area (Å²) >= 11 is 7.02. The lowest BCUT2D eigenvalue weighted by Crippen LogP contribution is -2.57. The molecule has 6 rings (SSSR count). The van der Waals surface area contributed by atoms with Crippen LogP contribution in [0.25, 0.3) is 0 Å². The average Bonchev–Trinajstić information content (AvgIpc) is 3.10. The summed E-state index contributed by atoms with van der Waals surface area (Å²) < 4.78 is 1.45. The normalized spacial score (nSPS) is 20.2. The van der Waals surface area contributed by atoms with Gasteiger partial charge < -0.3 is 41.1 Å². The van der Waals surface area contributed by atoms with Crippen LogP contribution >= 0.6 is 31.9 Å². The van der Waals surface area contributed by atoms with Gasteiger partial charge in [0.2, 0.25) is 5.91 Å². The molecule has 3 saturated heterocycles. The first-order valence-corrected chi connectivity index (χ1v) is 18.4. The van der Waals surface area contributed by atoms with Crippen molar-refractivity contribution < 1.29 is 24.3 Å². The highest BCUT2D eigenvalue weighted by Gasteiger charge is 2.36. The van der Waals surface area contributed by atoms with Crippen molar-refractivity contribution >= 4 is 67.2 Å². The SMILES string of the molecule is Nc1c(Br)cc(C[C@H](NC(=O)N2CCC(N3Cc4ccc(C(=O)O)cc4NC3=O)CC2)C(=O)N2CCC(N3CCCCC3)CC2)cc1Br. The van der Waals surface area contributed by atoms with Crippen LogP contribution in [-0.2, 0) is 17.8 Å². The molecule has 4 aliphatic heterocycles. The number of carboxylic acid groups (broad SMARTS) is 1. The van der Waals surface area contributed by atoms with E-state index in [-0.39, 0.29) is 29.6 Å². The van der Waals surface area contributed by atoms with Crippen LogP contribution in [0.1, 0.15) is 66.4 Å². The number of anilines is 2. The number of amides is 5. The quantitative estimate of drug-likeness (QED) is 0.285. The summed E-state index contributed by atoms with van der Waals surface area (Å²) in [5.41, 5.74) is 9.05. The Bertz CT molecular complexity index is 1530. The van der Waals surface area contributed by atoms with Crippen molar-refractivity contribution in [3.8, 4) is 0 Å². The van der Waals surface area contributed by atoms with Gasteiger partial charge in [0.05, 0.1) is 11.3 Å². The van der Waals surface area contributed by atoms with Crippen molar-refractivity contribution in [1.29, 1.82) is 0 Å². The summed E-state index contributed by atoms with van der Waals surface area (Å²) in [5.74, 6) is -1.12. The van der Waals surface area contributed by atoms with Crippen LogP contribution in [0.2, 0.25) is 0 Å². The predicted octanol–water partition coefficient (Wildman–Crippen LogP) is 5.10. The van der Waals surface area contributed by atoms with E-state index in [1.54, 1.807) is 21.9 Å². The Hall–Kier alpha value is -3.36. The number of likely N-dealkylation sites (tertiary alicyclic amines) is 3. The van der Waals surface area contributed by atoms with Gasteiger partial charge in [0.25, 0.3) is 0 Å². The van der Waals surface area contributed by atoms with E-state index in [0.717, 1.165) is 46.0 Å². The smallest absolute Gasteiger partial charge is 0.335 e. The number of benzene rings is 2. The Morgan fingerprint density at radius 2 is 1.52 bits per heavy atom. The largest absolute Gasteiger partial charge is 0.478 e. The number of nitrogens with one attached hydrogen (secondary N) is 2. The lowest BCUT2D eigenvalue weighted by atomic mass is 9.98. The second kappa shape index (κ2) is 15.0. The van der Waals surface area contributed by atoms with Gasteiger partial charge in [-0.15, -0.1) is 0 Å². The number of nitrogens with two attached hydrogens (primary N) is 1. The fraction of sp³-hybridized carbons (Fsp3) is 0.529. The fourth-order valence-electron chi connectivity index (χ4n) is 7.47. The number of fused-ring (bicyclic) bond motifs is 1. The molecular weight excluding hydrogens is 746 g/mol. The maximum atomic E-state index is 14.0. The van der Waals surface area contributed by atoms with E-state index in [4.69, 9.17) is 5.73 Å². The Balaban J connectivity index is 1.09. The number of rotatable bonds is 7. The molecule has 14 heteroatoms. The minimum atomic E-state index is -1.05. The van der Waals surface area contributed by atoms with Crippen molar-refractivity contribution in [1.82, 2.24) is 24.9 Å². The zero-order chi connectivity index (χ0) is 33.9. The number of piperidine rings is 3. The van der Waals surface area contributed by atoms with Crippen LogP contribution in [0.3, 0.4) is 0 Å². The molecule has 1 atom stereocenters. The zero-order valence-corrected chi connectivity index (χ0v) is 30.1. The van der Waals surface area contributed by atoms with E-state index in [1.807, 2.05) is 17.0 Å². The van der Waals surface area contributed by atoms with E-state index >= 15 is 0 Å². The summed E-state index contributed by atoms with van der Waals surface area (Å²) in [6.45, 7) is 4.86. The second-order valence-electron chi connectivity index (χ2n) is 13.3. The first kappa shape index (κ1) is 34.5. The molecule has 4 aliphatic rings. The van der Waals surface area contributed by atoms with Gasteiger partial charge in [0.15, 0.2) is 0 Å². The Morgan fingerprint density at radius 1 is 0.896 bits per heavy atom. The molecule has 0 spiro atoms. The Morgan fingerprint density at radius 3 is 2.17 bits per heavy atom. The summed E-state index contributed by atoms with van der Waals surface area (Å²) in [5, 5.41) is 15.2. The number of halogens is 2. The number of aromatic carboxylic acids is 1. The van der Waals surface area contributed by atoms with Gasteiger partial charge in [-0.05, 0) is 119 Å². The third-order valence-electron chi connectivity index (χ3n) is 10.3. The highest BCUT2D eigenvalue weighted by Crippen LogP contribution is 2.31. The van der Waals surface area contributed by atoms with Gasteiger partial charge in [0, 0.05) is 65.9 Å². The van der Waals surface area contributed by atoms with Crippen molar-refractivity contribution in [2.45, 2.75) is 76.0 Å². The molecule has 2 aromatic carbocycles.